The van der Waals surface area contributed by atoms with Crippen LogP contribution in [0.5, 0.6) is 0 Å². The molecule has 0 atom stereocenters. The Labute approximate surface area is 131 Å². The van der Waals surface area contributed by atoms with E-state index >= 15 is 0 Å². The van der Waals surface area contributed by atoms with Crippen LogP contribution < -0.4 is 0 Å². The molecule has 0 amide bonds. The number of nitrogens with zero attached hydrogens (tertiary/aromatic N) is 1. The van der Waals surface area contributed by atoms with Crippen molar-refractivity contribution in [3.05, 3.63) is 33.6 Å². The van der Waals surface area contributed by atoms with Gasteiger partial charge in [-0.25, -0.2) is 0 Å². The van der Waals surface area contributed by atoms with Crippen LogP contribution in [0.4, 0.5) is 0 Å². The fourth-order valence-corrected chi connectivity index (χ4v) is 5.50. The topological polar surface area (TPSA) is 23.5 Å². The summed E-state index contributed by atoms with van der Waals surface area (Å²) in [7, 11) is 0. The predicted octanol–water partition coefficient (Wildman–Crippen LogP) is 4.01. The van der Waals surface area contributed by atoms with Gasteiger partial charge in [0.1, 0.15) is 0 Å². The summed E-state index contributed by atoms with van der Waals surface area (Å²) in [5, 5.41) is 10.6. The lowest BCUT2D eigenvalue weighted by atomic mass is 9.61. The van der Waals surface area contributed by atoms with E-state index in [1.54, 1.807) is 0 Å². The normalized spacial score (nSPS) is 29.6. The van der Waals surface area contributed by atoms with Gasteiger partial charge in [0.15, 0.2) is 0 Å². The number of likely N-dealkylation sites (tertiary alicyclic amines) is 1. The number of thiophene rings is 1. The van der Waals surface area contributed by atoms with Crippen molar-refractivity contribution in [3.63, 3.8) is 0 Å². The molecule has 2 fully saturated rings. The van der Waals surface area contributed by atoms with Gasteiger partial charge in [-0.05, 0) is 43.4 Å². The largest absolute Gasteiger partial charge is 0.396 e. The van der Waals surface area contributed by atoms with Gasteiger partial charge >= 0.3 is 0 Å². The number of aliphatic hydroxyl groups excluding tert-OH is 1. The highest BCUT2D eigenvalue weighted by atomic mass is 79.9. The number of aliphatic hydroxyl groups is 1. The lowest BCUT2D eigenvalue weighted by Crippen LogP contribution is -2.66. The molecular weight excluding hydrogens is 334 g/mol. The van der Waals surface area contributed by atoms with E-state index in [1.807, 2.05) is 11.3 Å². The number of halogens is 1. The first-order chi connectivity index (χ1) is 9.70. The van der Waals surface area contributed by atoms with Gasteiger partial charge in [-0.3, -0.25) is 4.90 Å². The Bertz CT molecular complexity index is 647. The fraction of sp³-hybridized carbons (Fsp3) is 0.500. The maximum atomic E-state index is 9.22. The van der Waals surface area contributed by atoms with Crippen LogP contribution in [0.1, 0.15) is 24.1 Å². The summed E-state index contributed by atoms with van der Waals surface area (Å²) in [6.07, 6.45) is 3.70. The third kappa shape index (κ3) is 1.97. The SMILES string of the molecule is OCC1CC2(CCN2Cc2cc3c(Br)cccc3s2)C1. The van der Waals surface area contributed by atoms with Gasteiger partial charge in [0.25, 0.3) is 0 Å². The minimum Gasteiger partial charge on any atom is -0.396 e. The van der Waals surface area contributed by atoms with Gasteiger partial charge in [0.2, 0.25) is 0 Å². The van der Waals surface area contributed by atoms with Crippen LogP contribution in [0.15, 0.2) is 28.7 Å². The zero-order valence-electron chi connectivity index (χ0n) is 11.3. The Balaban J connectivity index is 1.52. The molecule has 0 bridgehead atoms. The Morgan fingerprint density at radius 2 is 2.25 bits per heavy atom. The lowest BCUT2D eigenvalue weighted by molar-refractivity contribution is -0.119. The van der Waals surface area contributed by atoms with Crippen LogP contribution in [-0.2, 0) is 6.54 Å². The van der Waals surface area contributed by atoms with Crippen molar-refractivity contribution in [1.82, 2.24) is 4.90 Å². The molecule has 4 rings (SSSR count). The maximum Gasteiger partial charge on any atom is 0.0460 e. The van der Waals surface area contributed by atoms with Crippen molar-refractivity contribution in [3.8, 4) is 0 Å². The molecule has 0 radical (unpaired) electrons. The zero-order chi connectivity index (χ0) is 13.7. The number of hydrogen-bond donors (Lipinski definition) is 1. The van der Waals surface area contributed by atoms with Gasteiger partial charge in [0, 0.05) is 44.7 Å². The summed E-state index contributed by atoms with van der Waals surface area (Å²) >= 11 is 5.55. The minimum atomic E-state index is 0.366. The number of benzene rings is 1. The smallest absolute Gasteiger partial charge is 0.0460 e. The first kappa shape index (κ1) is 13.3. The molecule has 1 aliphatic carbocycles. The van der Waals surface area contributed by atoms with Crippen molar-refractivity contribution >= 4 is 37.4 Å². The quantitative estimate of drug-likeness (QED) is 0.902. The molecule has 2 aromatic rings. The Hall–Kier alpha value is -0.420. The van der Waals surface area contributed by atoms with Crippen LogP contribution >= 0.6 is 27.3 Å². The molecule has 1 N–H and O–H groups in total. The average Bonchev–Trinajstić information content (AvgIpc) is 2.78. The minimum absolute atomic E-state index is 0.366. The third-order valence-electron chi connectivity index (χ3n) is 5.02. The van der Waals surface area contributed by atoms with Crippen LogP contribution in [0, 0.1) is 5.92 Å². The first-order valence-electron chi connectivity index (χ1n) is 7.23. The van der Waals surface area contributed by atoms with Gasteiger partial charge in [0.05, 0.1) is 0 Å². The van der Waals surface area contributed by atoms with E-state index in [-0.39, 0.29) is 0 Å². The van der Waals surface area contributed by atoms with Crippen molar-refractivity contribution in [1.29, 1.82) is 0 Å². The summed E-state index contributed by atoms with van der Waals surface area (Å²) in [6.45, 7) is 2.66. The standard InChI is InChI=1S/C16H18BrNOS/c17-14-2-1-3-15-13(14)6-12(20-15)9-18-5-4-16(18)7-11(8-16)10-19/h1-3,6,11,19H,4-5,7-10H2. The second kappa shape index (κ2) is 4.80. The van der Waals surface area contributed by atoms with Crippen molar-refractivity contribution < 1.29 is 5.11 Å². The first-order valence-corrected chi connectivity index (χ1v) is 8.84. The average molecular weight is 352 g/mol. The predicted molar refractivity (Wildman–Crippen MR) is 87.1 cm³/mol. The fourth-order valence-electron chi connectivity index (χ4n) is 3.78. The molecule has 2 aliphatic rings. The molecule has 1 aromatic heterocycles. The second-order valence-corrected chi connectivity index (χ2v) is 8.24. The molecule has 1 aliphatic heterocycles. The van der Waals surface area contributed by atoms with E-state index in [2.05, 4.69) is 45.1 Å². The van der Waals surface area contributed by atoms with Crippen molar-refractivity contribution in [2.45, 2.75) is 31.3 Å². The van der Waals surface area contributed by atoms with Gasteiger partial charge < -0.3 is 5.11 Å². The molecule has 1 spiro atoms. The molecule has 4 heteroatoms. The van der Waals surface area contributed by atoms with E-state index in [9.17, 15) is 5.11 Å². The number of hydrogen-bond acceptors (Lipinski definition) is 3. The summed E-state index contributed by atoms with van der Waals surface area (Å²) in [5.74, 6) is 0.550. The maximum absolute atomic E-state index is 9.22. The van der Waals surface area contributed by atoms with Gasteiger partial charge in [-0.2, -0.15) is 0 Å². The molecule has 2 heterocycles. The zero-order valence-corrected chi connectivity index (χ0v) is 13.7. The van der Waals surface area contributed by atoms with E-state index in [4.69, 9.17) is 0 Å². The number of fused-ring (bicyclic) bond motifs is 1. The Morgan fingerprint density at radius 3 is 2.90 bits per heavy atom. The highest BCUT2D eigenvalue weighted by Gasteiger charge is 2.53. The highest BCUT2D eigenvalue weighted by molar-refractivity contribution is 9.10. The van der Waals surface area contributed by atoms with Crippen molar-refractivity contribution in [2.24, 2.45) is 5.92 Å². The molecule has 1 aromatic carbocycles. The van der Waals surface area contributed by atoms with E-state index in [0.717, 1.165) is 6.54 Å². The lowest BCUT2D eigenvalue weighted by Gasteiger charge is -2.61. The third-order valence-corrected chi connectivity index (χ3v) is 6.80. The summed E-state index contributed by atoms with van der Waals surface area (Å²) in [6, 6.07) is 8.75. The monoisotopic (exact) mass is 351 g/mol. The molecular formula is C16H18BrNOS. The Kier molecular flexibility index (Phi) is 3.18. The molecule has 1 saturated heterocycles. The van der Waals surface area contributed by atoms with E-state index in [0.29, 0.717) is 18.1 Å². The van der Waals surface area contributed by atoms with Crippen molar-refractivity contribution in [2.75, 3.05) is 13.2 Å². The Morgan fingerprint density at radius 1 is 1.40 bits per heavy atom. The second-order valence-electron chi connectivity index (χ2n) is 6.22. The summed E-state index contributed by atoms with van der Waals surface area (Å²) < 4.78 is 2.56. The summed E-state index contributed by atoms with van der Waals surface area (Å²) in [5.41, 5.74) is 0.431. The number of rotatable bonds is 3. The molecule has 1 saturated carbocycles. The van der Waals surface area contributed by atoms with E-state index < -0.39 is 0 Å². The van der Waals surface area contributed by atoms with Crippen LogP contribution in [0.3, 0.4) is 0 Å². The molecule has 20 heavy (non-hydrogen) atoms. The van der Waals surface area contributed by atoms with Gasteiger partial charge in [-0.1, -0.05) is 22.0 Å². The van der Waals surface area contributed by atoms with Crippen LogP contribution in [-0.4, -0.2) is 28.7 Å². The highest BCUT2D eigenvalue weighted by Crippen LogP contribution is 2.51. The van der Waals surface area contributed by atoms with E-state index in [1.165, 1.54) is 45.2 Å². The van der Waals surface area contributed by atoms with Gasteiger partial charge in [-0.15, -0.1) is 11.3 Å². The van der Waals surface area contributed by atoms with Crippen LogP contribution in [0.25, 0.3) is 10.1 Å². The molecule has 106 valence electrons. The van der Waals surface area contributed by atoms with Crippen LogP contribution in [0.2, 0.25) is 0 Å². The molecule has 2 nitrogen and oxygen atoms in total. The summed E-state index contributed by atoms with van der Waals surface area (Å²) in [4.78, 5) is 4.08. The molecule has 0 unspecified atom stereocenters.